The molecule has 5 nitrogen and oxygen atoms in total. The normalized spacial score (nSPS) is 10.1. The molecule has 0 spiro atoms. The molecule has 0 saturated heterocycles. The Morgan fingerprint density at radius 2 is 2.07 bits per heavy atom. The predicted octanol–water partition coefficient (Wildman–Crippen LogP) is 0.517. The highest BCUT2D eigenvalue weighted by Gasteiger charge is 2.06. The molecule has 0 heterocycles. The predicted molar refractivity (Wildman–Crippen MR) is 61.6 cm³/mol. The summed E-state index contributed by atoms with van der Waals surface area (Å²) in [6.07, 6.45) is 0. The summed E-state index contributed by atoms with van der Waals surface area (Å²) in [6, 6.07) is 5.14. The van der Waals surface area contributed by atoms with E-state index in [-0.39, 0.29) is 5.91 Å². The fraction of sp³-hybridized carbons (Fsp3) is 0.300. The average molecular weight is 208 g/mol. The number of hydrogen-bond donors (Lipinski definition) is 3. The number of carbonyl (C=O) groups excluding carboxylic acids is 1. The van der Waals surface area contributed by atoms with Gasteiger partial charge in [-0.15, -0.1) is 0 Å². The van der Waals surface area contributed by atoms with Gasteiger partial charge >= 0.3 is 0 Å². The van der Waals surface area contributed by atoms with Gasteiger partial charge in [0.2, 0.25) is 0 Å². The molecule has 15 heavy (non-hydrogen) atoms. The number of nitrogen functional groups attached to an aromatic ring is 1. The van der Waals surface area contributed by atoms with E-state index < -0.39 is 0 Å². The van der Waals surface area contributed by atoms with Crippen LogP contribution in [0.2, 0.25) is 0 Å². The maximum Gasteiger partial charge on any atom is 0.251 e. The van der Waals surface area contributed by atoms with Gasteiger partial charge in [-0.1, -0.05) is 0 Å². The molecule has 0 aliphatic carbocycles. The lowest BCUT2D eigenvalue weighted by atomic mass is 10.1. The molecular weight excluding hydrogens is 192 g/mol. The van der Waals surface area contributed by atoms with Crippen LogP contribution in [0, 0.1) is 0 Å². The SMILES string of the molecule is CNC(=O)c1ccc(NN(C)C)c(N)c1. The van der Waals surface area contributed by atoms with Crippen molar-refractivity contribution in [1.29, 1.82) is 0 Å². The Kier molecular flexibility index (Phi) is 3.51. The first-order chi connectivity index (χ1) is 7.04. The molecule has 1 aromatic carbocycles. The molecule has 4 N–H and O–H groups in total. The lowest BCUT2D eigenvalue weighted by Gasteiger charge is -2.15. The van der Waals surface area contributed by atoms with Gasteiger partial charge in [0.1, 0.15) is 0 Å². The van der Waals surface area contributed by atoms with Crippen LogP contribution in [0.5, 0.6) is 0 Å². The van der Waals surface area contributed by atoms with Crippen molar-refractivity contribution in [2.24, 2.45) is 0 Å². The van der Waals surface area contributed by atoms with E-state index in [0.29, 0.717) is 11.3 Å². The number of nitrogens with one attached hydrogen (secondary N) is 2. The van der Waals surface area contributed by atoms with Crippen LogP contribution in [-0.4, -0.2) is 32.1 Å². The van der Waals surface area contributed by atoms with Crippen molar-refractivity contribution in [2.75, 3.05) is 32.3 Å². The third-order valence-electron chi connectivity index (χ3n) is 1.88. The smallest absolute Gasteiger partial charge is 0.251 e. The van der Waals surface area contributed by atoms with E-state index >= 15 is 0 Å². The van der Waals surface area contributed by atoms with Crippen LogP contribution >= 0.6 is 0 Å². The molecule has 0 saturated carbocycles. The molecule has 0 bridgehead atoms. The first-order valence-electron chi connectivity index (χ1n) is 4.60. The number of hydrogen-bond acceptors (Lipinski definition) is 4. The molecular formula is C10H16N4O. The number of amides is 1. The van der Waals surface area contributed by atoms with Gasteiger partial charge in [0.05, 0.1) is 11.4 Å². The minimum atomic E-state index is -0.141. The quantitative estimate of drug-likeness (QED) is 0.500. The van der Waals surface area contributed by atoms with Gasteiger partial charge in [-0.2, -0.15) is 0 Å². The number of rotatable bonds is 3. The van der Waals surface area contributed by atoms with Crippen LogP contribution < -0.4 is 16.5 Å². The summed E-state index contributed by atoms with van der Waals surface area (Å²) in [5.74, 6) is -0.141. The molecule has 5 heteroatoms. The summed E-state index contributed by atoms with van der Waals surface area (Å²) >= 11 is 0. The van der Waals surface area contributed by atoms with Crippen molar-refractivity contribution in [3.05, 3.63) is 23.8 Å². The average Bonchev–Trinajstić information content (AvgIpc) is 2.19. The van der Waals surface area contributed by atoms with Crippen molar-refractivity contribution in [2.45, 2.75) is 0 Å². The summed E-state index contributed by atoms with van der Waals surface area (Å²) in [5.41, 5.74) is 10.7. The van der Waals surface area contributed by atoms with E-state index in [1.807, 2.05) is 14.1 Å². The van der Waals surface area contributed by atoms with Crippen LogP contribution in [0.4, 0.5) is 11.4 Å². The molecule has 0 aliphatic rings. The standard InChI is InChI=1S/C10H16N4O/c1-12-10(15)7-4-5-9(8(11)6-7)13-14(2)3/h4-6,13H,11H2,1-3H3,(H,12,15). The molecule has 0 atom stereocenters. The van der Waals surface area contributed by atoms with Crippen molar-refractivity contribution < 1.29 is 4.79 Å². The van der Waals surface area contributed by atoms with Gasteiger partial charge in [0.25, 0.3) is 5.91 Å². The van der Waals surface area contributed by atoms with Crippen LogP contribution in [0.25, 0.3) is 0 Å². The van der Waals surface area contributed by atoms with Crippen LogP contribution in [0.1, 0.15) is 10.4 Å². The second kappa shape index (κ2) is 4.65. The number of hydrazine groups is 1. The third kappa shape index (κ3) is 2.85. The van der Waals surface area contributed by atoms with E-state index in [1.54, 1.807) is 30.3 Å². The molecule has 1 aromatic rings. The minimum absolute atomic E-state index is 0.141. The Hall–Kier alpha value is -1.75. The molecule has 0 unspecified atom stereocenters. The monoisotopic (exact) mass is 208 g/mol. The van der Waals surface area contributed by atoms with E-state index in [4.69, 9.17) is 5.73 Å². The van der Waals surface area contributed by atoms with Gasteiger partial charge in [-0.25, -0.2) is 5.01 Å². The maximum atomic E-state index is 11.3. The van der Waals surface area contributed by atoms with Crippen molar-refractivity contribution in [1.82, 2.24) is 10.3 Å². The summed E-state index contributed by atoms with van der Waals surface area (Å²) in [7, 11) is 5.32. The molecule has 82 valence electrons. The van der Waals surface area contributed by atoms with Crippen molar-refractivity contribution >= 4 is 17.3 Å². The zero-order valence-electron chi connectivity index (χ0n) is 9.16. The Morgan fingerprint density at radius 3 is 2.53 bits per heavy atom. The first-order valence-corrected chi connectivity index (χ1v) is 4.60. The highest BCUT2D eigenvalue weighted by atomic mass is 16.1. The minimum Gasteiger partial charge on any atom is -0.397 e. The van der Waals surface area contributed by atoms with Crippen LogP contribution in [-0.2, 0) is 0 Å². The zero-order valence-corrected chi connectivity index (χ0v) is 9.16. The first kappa shape index (κ1) is 11.3. The van der Waals surface area contributed by atoms with Gasteiger partial charge < -0.3 is 16.5 Å². The molecule has 0 fully saturated rings. The second-order valence-corrected chi connectivity index (χ2v) is 3.39. The largest absolute Gasteiger partial charge is 0.397 e. The van der Waals surface area contributed by atoms with E-state index in [9.17, 15) is 4.79 Å². The van der Waals surface area contributed by atoms with E-state index in [0.717, 1.165) is 5.69 Å². The van der Waals surface area contributed by atoms with Gasteiger partial charge in [0, 0.05) is 26.7 Å². The number of benzene rings is 1. The van der Waals surface area contributed by atoms with Crippen LogP contribution in [0.15, 0.2) is 18.2 Å². The zero-order chi connectivity index (χ0) is 11.4. The Bertz CT molecular complexity index is 362. The number of anilines is 2. The third-order valence-corrected chi connectivity index (χ3v) is 1.88. The second-order valence-electron chi connectivity index (χ2n) is 3.39. The molecule has 1 rings (SSSR count). The fourth-order valence-corrected chi connectivity index (χ4v) is 1.19. The maximum absolute atomic E-state index is 11.3. The molecule has 0 aromatic heterocycles. The fourth-order valence-electron chi connectivity index (χ4n) is 1.19. The van der Waals surface area contributed by atoms with Gasteiger partial charge in [0.15, 0.2) is 0 Å². The Balaban J connectivity index is 2.93. The highest BCUT2D eigenvalue weighted by Crippen LogP contribution is 2.19. The number of nitrogens with two attached hydrogens (primary N) is 1. The summed E-state index contributed by atoms with van der Waals surface area (Å²) in [4.78, 5) is 11.3. The summed E-state index contributed by atoms with van der Waals surface area (Å²) in [6.45, 7) is 0. The van der Waals surface area contributed by atoms with Crippen molar-refractivity contribution in [3.8, 4) is 0 Å². The molecule has 0 aliphatic heterocycles. The summed E-state index contributed by atoms with van der Waals surface area (Å²) in [5, 5.41) is 4.33. The van der Waals surface area contributed by atoms with Gasteiger partial charge in [-0.3, -0.25) is 4.79 Å². The lowest BCUT2D eigenvalue weighted by molar-refractivity contribution is 0.0963. The number of carbonyl (C=O) groups is 1. The van der Waals surface area contributed by atoms with Gasteiger partial charge in [-0.05, 0) is 18.2 Å². The highest BCUT2D eigenvalue weighted by molar-refractivity contribution is 5.95. The van der Waals surface area contributed by atoms with E-state index in [1.165, 1.54) is 0 Å². The topological polar surface area (TPSA) is 70.4 Å². The summed E-state index contributed by atoms with van der Waals surface area (Å²) < 4.78 is 0. The lowest BCUT2D eigenvalue weighted by Crippen LogP contribution is -2.21. The molecule has 0 radical (unpaired) electrons. The number of nitrogens with zero attached hydrogens (tertiary/aromatic N) is 1. The van der Waals surface area contributed by atoms with Crippen LogP contribution in [0.3, 0.4) is 0 Å². The Labute approximate surface area is 89.2 Å². The van der Waals surface area contributed by atoms with E-state index in [2.05, 4.69) is 10.7 Å². The molecule has 1 amide bonds. The Morgan fingerprint density at radius 1 is 1.40 bits per heavy atom. The van der Waals surface area contributed by atoms with Crippen molar-refractivity contribution in [3.63, 3.8) is 0 Å².